The zero-order valence-electron chi connectivity index (χ0n) is 18.8. The zero-order chi connectivity index (χ0) is 25.0. The van der Waals surface area contributed by atoms with Crippen LogP contribution in [-0.2, 0) is 14.8 Å². The number of H-pyrrole nitrogens is 1. The Labute approximate surface area is 200 Å². The number of methoxy groups -OCH3 is 2. The van der Waals surface area contributed by atoms with Crippen LogP contribution in [0.1, 0.15) is 37.5 Å². The number of nitrogens with zero attached hydrogens (tertiary/aromatic N) is 6. The van der Waals surface area contributed by atoms with E-state index < -0.39 is 32.9 Å². The zero-order valence-corrected chi connectivity index (χ0v) is 20.3. The highest BCUT2D eigenvalue weighted by Crippen LogP contribution is 2.28. The van der Waals surface area contributed by atoms with Crippen LogP contribution < -0.4 is 15.0 Å². The maximum absolute atomic E-state index is 13.3. The highest BCUT2D eigenvalue weighted by molar-refractivity contribution is 7.93. The van der Waals surface area contributed by atoms with Gasteiger partial charge in [0.05, 0.1) is 23.7 Å². The largest absolute Gasteiger partial charge is 0.479 e. The van der Waals surface area contributed by atoms with Crippen molar-refractivity contribution in [3.05, 3.63) is 58.4 Å². The molecule has 3 heterocycles. The molecule has 0 unspecified atom stereocenters. The van der Waals surface area contributed by atoms with E-state index >= 15 is 0 Å². The molecule has 0 saturated heterocycles. The van der Waals surface area contributed by atoms with Crippen LogP contribution in [0.25, 0.3) is 5.69 Å². The van der Waals surface area contributed by atoms with Gasteiger partial charge in [0.2, 0.25) is 21.9 Å². The summed E-state index contributed by atoms with van der Waals surface area (Å²) in [5, 5.41) is 7.29. The van der Waals surface area contributed by atoms with Crippen molar-refractivity contribution < 1.29 is 17.9 Å². The van der Waals surface area contributed by atoms with Gasteiger partial charge in [0, 0.05) is 25.4 Å². The van der Waals surface area contributed by atoms with Crippen molar-refractivity contribution >= 4 is 27.6 Å². The minimum Gasteiger partial charge on any atom is -0.479 e. The lowest BCUT2D eigenvalue weighted by Crippen LogP contribution is -2.32. The summed E-state index contributed by atoms with van der Waals surface area (Å²) in [6.45, 7) is 6.84. The number of rotatable bonds is 10. The monoisotopic (exact) mass is 510 g/mol. The van der Waals surface area contributed by atoms with Gasteiger partial charge in [0.1, 0.15) is 11.9 Å². The molecule has 0 aliphatic heterocycles. The van der Waals surface area contributed by atoms with Gasteiger partial charge in [-0.1, -0.05) is 24.6 Å². The number of hydrogen-bond acceptors (Lipinski definition) is 10. The maximum atomic E-state index is 13.3. The number of anilines is 1. The van der Waals surface area contributed by atoms with Gasteiger partial charge in [-0.2, -0.15) is 0 Å². The van der Waals surface area contributed by atoms with Crippen LogP contribution in [0.2, 0.25) is 5.02 Å². The number of aromatic amines is 1. The standard InChI is InChI=1S/C19H23ClN8O5S/c1-6-13(32-4)16-25-26-19(28(16)14-17(29)23-9-24-18(14)33-5)27-34(30,31)11(3)10(2)15-21-7-12(20)8-22-15/h6-11,13H,1H2,2-5H3,(H,26,27)(H,23,24,29)/t10-,11-,13-/m0/s1. The van der Waals surface area contributed by atoms with E-state index in [0.29, 0.717) is 10.8 Å². The highest BCUT2D eigenvalue weighted by atomic mass is 35.5. The van der Waals surface area contributed by atoms with Gasteiger partial charge >= 0.3 is 0 Å². The molecule has 182 valence electrons. The number of hydrogen-bond donors (Lipinski definition) is 2. The van der Waals surface area contributed by atoms with Crippen molar-refractivity contribution in [1.29, 1.82) is 0 Å². The first-order chi connectivity index (χ1) is 16.1. The third-order valence-electron chi connectivity index (χ3n) is 5.10. The molecule has 0 aliphatic rings. The van der Waals surface area contributed by atoms with E-state index in [0.717, 1.165) is 10.9 Å². The molecule has 3 atom stereocenters. The van der Waals surface area contributed by atoms with Crippen molar-refractivity contribution in [1.82, 2.24) is 34.7 Å². The fourth-order valence-electron chi connectivity index (χ4n) is 3.05. The molecular weight excluding hydrogens is 488 g/mol. The Balaban J connectivity index is 2.09. The van der Waals surface area contributed by atoms with Crippen LogP contribution >= 0.6 is 11.6 Å². The lowest BCUT2D eigenvalue weighted by Gasteiger charge is -2.20. The highest BCUT2D eigenvalue weighted by Gasteiger charge is 2.33. The summed E-state index contributed by atoms with van der Waals surface area (Å²) in [6.07, 6.45) is 4.51. The minimum atomic E-state index is -4.09. The van der Waals surface area contributed by atoms with E-state index in [1.54, 1.807) is 6.92 Å². The molecule has 34 heavy (non-hydrogen) atoms. The van der Waals surface area contributed by atoms with Gasteiger partial charge in [-0.05, 0) is 6.92 Å². The molecular formula is C19H23ClN8O5S. The summed E-state index contributed by atoms with van der Waals surface area (Å²) in [7, 11) is -1.37. The molecule has 0 amide bonds. The van der Waals surface area contributed by atoms with Gasteiger partial charge in [0.15, 0.2) is 11.5 Å². The molecule has 3 aromatic rings. The molecule has 0 aliphatic carbocycles. The van der Waals surface area contributed by atoms with Crippen molar-refractivity contribution in [2.45, 2.75) is 31.1 Å². The SMILES string of the molecule is C=C[C@H](OC)c1nnc(NS(=O)(=O)[C@@H](C)[C@H](C)c2ncc(Cl)cn2)n1-c1c(OC)nc[nH]c1=O. The Morgan fingerprint density at radius 2 is 1.88 bits per heavy atom. The topological polar surface area (TPSA) is 167 Å². The minimum absolute atomic E-state index is 0.0775. The van der Waals surface area contributed by atoms with Gasteiger partial charge in [0.25, 0.3) is 5.56 Å². The lowest BCUT2D eigenvalue weighted by molar-refractivity contribution is 0.134. The Morgan fingerprint density at radius 1 is 1.21 bits per heavy atom. The van der Waals surface area contributed by atoms with E-state index in [-0.39, 0.29) is 23.3 Å². The number of nitrogens with one attached hydrogen (secondary N) is 2. The van der Waals surface area contributed by atoms with Gasteiger partial charge in [-0.3, -0.25) is 14.1 Å². The van der Waals surface area contributed by atoms with E-state index in [9.17, 15) is 13.2 Å². The number of ether oxygens (including phenoxy) is 2. The van der Waals surface area contributed by atoms with Gasteiger partial charge in [-0.25, -0.2) is 23.4 Å². The van der Waals surface area contributed by atoms with Crippen LogP contribution in [0.15, 0.2) is 36.2 Å². The van der Waals surface area contributed by atoms with Crippen LogP contribution in [-0.4, -0.2) is 62.6 Å². The molecule has 3 rings (SSSR count). The van der Waals surface area contributed by atoms with Crippen LogP contribution in [0.4, 0.5) is 5.95 Å². The second kappa shape index (κ2) is 10.3. The summed E-state index contributed by atoms with van der Waals surface area (Å²) in [5.41, 5.74) is -0.767. The molecule has 0 bridgehead atoms. The fourth-order valence-corrected chi connectivity index (χ4v) is 4.38. The van der Waals surface area contributed by atoms with Crippen molar-refractivity contribution in [2.24, 2.45) is 0 Å². The number of sulfonamides is 1. The van der Waals surface area contributed by atoms with Crippen LogP contribution in [0.3, 0.4) is 0 Å². The Bertz CT molecular complexity index is 1330. The van der Waals surface area contributed by atoms with E-state index in [1.807, 2.05) is 0 Å². The first kappa shape index (κ1) is 25.3. The normalized spacial score (nSPS) is 14.3. The summed E-state index contributed by atoms with van der Waals surface area (Å²) in [4.78, 5) is 27.3. The van der Waals surface area contributed by atoms with E-state index in [1.165, 1.54) is 39.6 Å². The predicted molar refractivity (Wildman–Crippen MR) is 124 cm³/mol. The average molecular weight is 511 g/mol. The van der Waals surface area contributed by atoms with E-state index in [4.69, 9.17) is 21.1 Å². The smallest absolute Gasteiger partial charge is 0.279 e. The summed E-state index contributed by atoms with van der Waals surface area (Å²) >= 11 is 5.82. The average Bonchev–Trinajstić information content (AvgIpc) is 3.21. The van der Waals surface area contributed by atoms with Crippen LogP contribution in [0, 0.1) is 0 Å². The Morgan fingerprint density at radius 3 is 2.47 bits per heavy atom. The molecule has 15 heteroatoms. The fraction of sp³-hybridized carbons (Fsp3) is 0.368. The lowest BCUT2D eigenvalue weighted by atomic mass is 10.1. The number of aromatic nitrogens is 7. The third kappa shape index (κ3) is 4.93. The quantitative estimate of drug-likeness (QED) is 0.382. The molecule has 0 aromatic carbocycles. The van der Waals surface area contributed by atoms with Crippen molar-refractivity contribution in [3.8, 4) is 11.6 Å². The van der Waals surface area contributed by atoms with Gasteiger partial charge < -0.3 is 14.5 Å². The van der Waals surface area contributed by atoms with Crippen LogP contribution in [0.5, 0.6) is 5.88 Å². The molecule has 13 nitrogen and oxygen atoms in total. The first-order valence-electron chi connectivity index (χ1n) is 9.86. The summed E-state index contributed by atoms with van der Waals surface area (Å²) < 4.78 is 40.6. The molecule has 3 aromatic heterocycles. The molecule has 0 saturated carbocycles. The predicted octanol–water partition coefficient (Wildman–Crippen LogP) is 1.61. The molecule has 2 N–H and O–H groups in total. The molecule has 0 fully saturated rings. The molecule has 0 radical (unpaired) electrons. The number of halogens is 1. The third-order valence-corrected chi connectivity index (χ3v) is 7.15. The first-order valence-corrected chi connectivity index (χ1v) is 11.8. The van der Waals surface area contributed by atoms with Gasteiger partial charge in [-0.15, -0.1) is 16.8 Å². The molecule has 0 spiro atoms. The second-order valence-electron chi connectivity index (χ2n) is 7.10. The summed E-state index contributed by atoms with van der Waals surface area (Å²) in [6, 6.07) is 0. The Hall–Kier alpha value is -3.36. The second-order valence-corrected chi connectivity index (χ2v) is 9.57. The maximum Gasteiger partial charge on any atom is 0.279 e. The summed E-state index contributed by atoms with van der Waals surface area (Å²) in [5.74, 6) is -0.594. The Kier molecular flexibility index (Phi) is 7.64. The van der Waals surface area contributed by atoms with Crippen molar-refractivity contribution in [2.75, 3.05) is 18.9 Å². The van der Waals surface area contributed by atoms with Crippen molar-refractivity contribution in [3.63, 3.8) is 0 Å². The van der Waals surface area contributed by atoms with E-state index in [2.05, 4.69) is 41.4 Å².